The van der Waals surface area contributed by atoms with Crippen LogP contribution in [-0.4, -0.2) is 32.8 Å². The summed E-state index contributed by atoms with van der Waals surface area (Å²) >= 11 is 6.47. The van der Waals surface area contributed by atoms with Crippen LogP contribution in [0.2, 0.25) is 0 Å². The largest absolute Gasteiger partial charge is 0.375 e. The molecule has 3 rings (SSSR count). The molecule has 0 atom stereocenters. The topological polar surface area (TPSA) is 58.9 Å². The van der Waals surface area contributed by atoms with E-state index in [1.807, 2.05) is 46.3 Å². The molecule has 7 heteroatoms. The fourth-order valence-electron chi connectivity index (χ4n) is 1.93. The molecule has 0 bridgehead atoms. The van der Waals surface area contributed by atoms with Crippen molar-refractivity contribution in [3.05, 3.63) is 47.6 Å². The Hall–Kier alpha value is -2.25. The van der Waals surface area contributed by atoms with Gasteiger partial charge in [-0.15, -0.1) is 11.3 Å². The minimum Gasteiger partial charge on any atom is -0.375 e. The van der Waals surface area contributed by atoms with E-state index in [-0.39, 0.29) is 5.11 Å². The summed E-state index contributed by atoms with van der Waals surface area (Å²) < 4.78 is 2.00. The predicted molar refractivity (Wildman–Crippen MR) is 90.6 cm³/mol. The van der Waals surface area contributed by atoms with Crippen molar-refractivity contribution in [1.82, 2.24) is 14.4 Å². The summed E-state index contributed by atoms with van der Waals surface area (Å²) in [5.41, 5.74) is 8.38. The average molecular weight is 315 g/mol. The van der Waals surface area contributed by atoms with Crippen molar-refractivity contribution in [2.45, 2.75) is 0 Å². The summed E-state index contributed by atoms with van der Waals surface area (Å²) in [6, 6.07) is 10.0. The Kier molecular flexibility index (Phi) is 3.68. The third-order valence-corrected chi connectivity index (χ3v) is 4.04. The Balaban J connectivity index is 2.11. The Bertz CT molecular complexity index is 803. The molecule has 0 amide bonds. The molecule has 0 unspecified atom stereocenters. The van der Waals surface area contributed by atoms with E-state index in [0.29, 0.717) is 0 Å². The van der Waals surface area contributed by atoms with E-state index in [2.05, 4.69) is 10.1 Å². The molecule has 0 aliphatic heterocycles. The lowest BCUT2D eigenvalue weighted by molar-refractivity contribution is 0.552. The van der Waals surface area contributed by atoms with Crippen molar-refractivity contribution in [1.29, 1.82) is 0 Å². The van der Waals surface area contributed by atoms with Gasteiger partial charge in [-0.1, -0.05) is 30.3 Å². The van der Waals surface area contributed by atoms with E-state index in [4.69, 9.17) is 18.0 Å². The first kappa shape index (κ1) is 13.7. The van der Waals surface area contributed by atoms with E-state index in [1.54, 1.807) is 24.6 Å². The molecule has 0 aliphatic carbocycles. The second kappa shape index (κ2) is 5.63. The lowest BCUT2D eigenvalue weighted by Crippen LogP contribution is -2.27. The third kappa shape index (κ3) is 2.65. The Morgan fingerprint density at radius 1 is 1.43 bits per heavy atom. The van der Waals surface area contributed by atoms with Crippen molar-refractivity contribution in [2.75, 3.05) is 7.05 Å². The van der Waals surface area contributed by atoms with Crippen LogP contribution in [0.3, 0.4) is 0 Å². The van der Waals surface area contributed by atoms with Gasteiger partial charge in [0, 0.05) is 24.2 Å². The number of aromatic nitrogens is 2. The first-order valence-electron chi connectivity index (χ1n) is 6.25. The normalized spacial score (nSPS) is 11.3. The first-order chi connectivity index (χ1) is 10.2. The predicted octanol–water partition coefficient (Wildman–Crippen LogP) is 2.57. The fraction of sp³-hybridized carbons (Fsp3) is 0.0714. The van der Waals surface area contributed by atoms with E-state index in [0.717, 1.165) is 21.9 Å². The van der Waals surface area contributed by atoms with Crippen molar-refractivity contribution < 1.29 is 0 Å². The number of hydrogen-bond donors (Lipinski definition) is 1. The van der Waals surface area contributed by atoms with E-state index in [9.17, 15) is 0 Å². The monoisotopic (exact) mass is 315 g/mol. The maximum Gasteiger partial charge on any atom is 0.194 e. The fourth-order valence-corrected chi connectivity index (χ4v) is 2.70. The van der Waals surface area contributed by atoms with Crippen molar-refractivity contribution >= 4 is 39.8 Å². The Morgan fingerprint density at radius 2 is 2.19 bits per heavy atom. The zero-order chi connectivity index (χ0) is 14.8. The van der Waals surface area contributed by atoms with Crippen LogP contribution in [0.15, 0.2) is 47.0 Å². The molecule has 0 aliphatic rings. The molecule has 5 nitrogen and oxygen atoms in total. The molecule has 3 aromatic rings. The molecule has 0 saturated carbocycles. The summed E-state index contributed by atoms with van der Waals surface area (Å²) in [5.74, 6) is 0. The molecule has 21 heavy (non-hydrogen) atoms. The maximum absolute atomic E-state index is 5.54. The van der Waals surface area contributed by atoms with Crippen LogP contribution >= 0.6 is 23.6 Å². The number of nitrogens with zero attached hydrogens (tertiary/aromatic N) is 4. The van der Waals surface area contributed by atoms with Crippen LogP contribution < -0.4 is 5.73 Å². The number of rotatable bonds is 3. The van der Waals surface area contributed by atoms with E-state index in [1.165, 1.54) is 5.01 Å². The number of thiazole rings is 1. The van der Waals surface area contributed by atoms with Gasteiger partial charge in [-0.05, 0) is 12.2 Å². The highest BCUT2D eigenvalue weighted by atomic mass is 32.1. The van der Waals surface area contributed by atoms with Gasteiger partial charge in [-0.25, -0.2) is 9.99 Å². The molecular weight excluding hydrogens is 302 g/mol. The number of fused-ring (bicyclic) bond motifs is 1. The van der Waals surface area contributed by atoms with Gasteiger partial charge in [0.1, 0.15) is 0 Å². The molecule has 0 radical (unpaired) electrons. The highest BCUT2D eigenvalue weighted by Gasteiger charge is 2.13. The van der Waals surface area contributed by atoms with Gasteiger partial charge in [0.15, 0.2) is 10.1 Å². The molecule has 2 aromatic heterocycles. The zero-order valence-corrected chi connectivity index (χ0v) is 12.9. The molecule has 106 valence electrons. The number of hydrazone groups is 1. The van der Waals surface area contributed by atoms with Gasteiger partial charge in [0.05, 0.1) is 17.6 Å². The second-order valence-corrected chi connectivity index (χ2v) is 5.66. The summed E-state index contributed by atoms with van der Waals surface area (Å²) in [4.78, 5) is 5.60. The molecule has 0 fully saturated rings. The smallest absolute Gasteiger partial charge is 0.194 e. The van der Waals surface area contributed by atoms with E-state index >= 15 is 0 Å². The number of thiocarbonyl (C=S) groups is 1. The number of benzene rings is 1. The average Bonchev–Trinajstić information content (AvgIpc) is 3.06. The van der Waals surface area contributed by atoms with Gasteiger partial charge in [-0.2, -0.15) is 5.10 Å². The zero-order valence-electron chi connectivity index (χ0n) is 11.3. The van der Waals surface area contributed by atoms with Crippen LogP contribution in [0.5, 0.6) is 0 Å². The molecule has 2 heterocycles. The van der Waals surface area contributed by atoms with Crippen LogP contribution in [-0.2, 0) is 0 Å². The van der Waals surface area contributed by atoms with Crippen LogP contribution in [0.1, 0.15) is 5.69 Å². The van der Waals surface area contributed by atoms with Crippen molar-refractivity contribution in [2.24, 2.45) is 10.8 Å². The van der Waals surface area contributed by atoms with Crippen LogP contribution in [0.4, 0.5) is 0 Å². The SMILES string of the molecule is CN(/N=C\c1c(-c2ccccc2)nc2sccn12)C(N)=S. The Labute approximate surface area is 131 Å². The summed E-state index contributed by atoms with van der Waals surface area (Å²) in [5, 5.41) is 7.93. The summed E-state index contributed by atoms with van der Waals surface area (Å²) in [6.45, 7) is 0. The van der Waals surface area contributed by atoms with Gasteiger partial charge < -0.3 is 5.73 Å². The van der Waals surface area contributed by atoms with Gasteiger partial charge in [0.25, 0.3) is 0 Å². The second-order valence-electron chi connectivity index (χ2n) is 4.37. The standard InChI is InChI=1S/C14H13N5S2/c1-18(13(15)20)16-9-11-12(10-5-3-2-4-6-10)17-14-19(11)7-8-21-14/h2-9H,1H3,(H2,15,20)/b16-9-. The number of nitrogens with two attached hydrogens (primary N) is 1. The lowest BCUT2D eigenvalue weighted by atomic mass is 10.1. The lowest BCUT2D eigenvalue weighted by Gasteiger charge is -2.08. The number of imidazole rings is 1. The Morgan fingerprint density at radius 3 is 2.90 bits per heavy atom. The number of hydrogen-bond acceptors (Lipinski definition) is 4. The van der Waals surface area contributed by atoms with Crippen molar-refractivity contribution in [3.63, 3.8) is 0 Å². The molecule has 1 aromatic carbocycles. The van der Waals surface area contributed by atoms with Gasteiger partial charge in [-0.3, -0.25) is 4.40 Å². The highest BCUT2D eigenvalue weighted by Crippen LogP contribution is 2.25. The van der Waals surface area contributed by atoms with E-state index < -0.39 is 0 Å². The third-order valence-electron chi connectivity index (χ3n) is 3.02. The van der Waals surface area contributed by atoms with Gasteiger partial charge >= 0.3 is 0 Å². The van der Waals surface area contributed by atoms with Crippen molar-refractivity contribution in [3.8, 4) is 11.3 Å². The maximum atomic E-state index is 5.54. The highest BCUT2D eigenvalue weighted by molar-refractivity contribution is 7.80. The summed E-state index contributed by atoms with van der Waals surface area (Å²) in [6.07, 6.45) is 3.70. The molecule has 0 spiro atoms. The minimum absolute atomic E-state index is 0.221. The molecular formula is C14H13N5S2. The van der Waals surface area contributed by atoms with Gasteiger partial charge in [0.2, 0.25) is 0 Å². The summed E-state index contributed by atoms with van der Waals surface area (Å²) in [7, 11) is 1.72. The quantitative estimate of drug-likeness (QED) is 0.458. The van der Waals surface area contributed by atoms with Crippen LogP contribution in [0, 0.1) is 0 Å². The minimum atomic E-state index is 0.221. The first-order valence-corrected chi connectivity index (χ1v) is 7.53. The molecule has 0 saturated heterocycles. The molecule has 2 N–H and O–H groups in total. The van der Waals surface area contributed by atoms with Crippen LogP contribution in [0.25, 0.3) is 16.2 Å².